The van der Waals surface area contributed by atoms with Gasteiger partial charge in [-0.1, -0.05) is 30.3 Å². The Labute approximate surface area is 160 Å². The number of anilines is 2. The minimum Gasteiger partial charge on any atom is -0.448 e. The predicted octanol–water partition coefficient (Wildman–Crippen LogP) is -0.0278. The van der Waals surface area contributed by atoms with Gasteiger partial charge in [-0.2, -0.15) is 0 Å². The van der Waals surface area contributed by atoms with Crippen molar-refractivity contribution < 1.29 is 14.3 Å². The standard InChI is InChI=1S/C18H21N5O5/c1-21(13(24)7-8-22-9-10-28-18(22)27)14-15(19)23(17(26)20-16(14)25)11-12-5-3-2-4-6-12/h2-6H,7-11,19H2,1H3,(H,20,25,26). The number of H-pyrrole nitrogens is 1. The van der Waals surface area contributed by atoms with Gasteiger partial charge in [0.05, 0.1) is 13.1 Å². The van der Waals surface area contributed by atoms with E-state index in [1.165, 1.54) is 16.5 Å². The number of benzene rings is 1. The van der Waals surface area contributed by atoms with Gasteiger partial charge < -0.3 is 20.3 Å². The molecule has 0 aliphatic carbocycles. The lowest BCUT2D eigenvalue weighted by Crippen LogP contribution is -2.40. The fraction of sp³-hybridized carbons (Fsp3) is 0.333. The van der Waals surface area contributed by atoms with Crippen LogP contribution in [0, 0.1) is 0 Å². The van der Waals surface area contributed by atoms with Gasteiger partial charge in [0, 0.05) is 20.0 Å². The molecule has 0 radical (unpaired) electrons. The number of cyclic esters (lactones) is 1. The molecule has 1 fully saturated rings. The molecule has 148 valence electrons. The number of nitrogens with zero attached hydrogens (tertiary/aromatic N) is 3. The molecule has 3 rings (SSSR count). The quantitative estimate of drug-likeness (QED) is 0.716. The predicted molar refractivity (Wildman–Crippen MR) is 102 cm³/mol. The van der Waals surface area contributed by atoms with Crippen molar-refractivity contribution in [2.24, 2.45) is 0 Å². The fourth-order valence-electron chi connectivity index (χ4n) is 2.98. The number of ether oxygens (including phenoxy) is 1. The van der Waals surface area contributed by atoms with Gasteiger partial charge in [0.2, 0.25) is 5.91 Å². The van der Waals surface area contributed by atoms with Crippen LogP contribution in [0.4, 0.5) is 16.3 Å². The molecule has 1 aliphatic rings. The van der Waals surface area contributed by atoms with Crippen LogP contribution in [0.2, 0.25) is 0 Å². The Morgan fingerprint density at radius 1 is 1.25 bits per heavy atom. The first-order valence-corrected chi connectivity index (χ1v) is 8.73. The largest absolute Gasteiger partial charge is 0.448 e. The van der Waals surface area contributed by atoms with Crippen LogP contribution in [0.25, 0.3) is 0 Å². The molecule has 0 atom stereocenters. The highest BCUT2D eigenvalue weighted by Crippen LogP contribution is 2.17. The zero-order chi connectivity index (χ0) is 20.3. The Kier molecular flexibility index (Phi) is 5.48. The van der Waals surface area contributed by atoms with E-state index in [4.69, 9.17) is 10.5 Å². The lowest BCUT2D eigenvalue weighted by molar-refractivity contribution is -0.118. The number of carbonyl (C=O) groups is 2. The summed E-state index contributed by atoms with van der Waals surface area (Å²) >= 11 is 0. The first-order valence-electron chi connectivity index (χ1n) is 8.73. The first-order chi connectivity index (χ1) is 13.4. The third kappa shape index (κ3) is 3.90. The molecule has 0 saturated carbocycles. The second-order valence-electron chi connectivity index (χ2n) is 6.37. The van der Waals surface area contributed by atoms with Gasteiger partial charge >= 0.3 is 11.8 Å². The Bertz CT molecular complexity index is 998. The molecule has 3 N–H and O–H groups in total. The van der Waals surface area contributed by atoms with Crippen molar-refractivity contribution in [2.75, 3.05) is 37.4 Å². The van der Waals surface area contributed by atoms with E-state index in [0.29, 0.717) is 13.2 Å². The number of hydrogen-bond donors (Lipinski definition) is 2. The second kappa shape index (κ2) is 7.99. The lowest BCUT2D eigenvalue weighted by atomic mass is 10.2. The number of hydrogen-bond acceptors (Lipinski definition) is 6. The van der Waals surface area contributed by atoms with E-state index in [2.05, 4.69) is 4.98 Å². The van der Waals surface area contributed by atoms with E-state index in [0.717, 1.165) is 10.5 Å². The third-order valence-corrected chi connectivity index (χ3v) is 4.55. The SMILES string of the molecule is CN(C(=O)CCN1CCOC1=O)c1c(N)n(Cc2ccccc2)c(=O)[nH]c1=O. The fourth-order valence-corrected chi connectivity index (χ4v) is 2.98. The van der Waals surface area contributed by atoms with E-state index in [9.17, 15) is 19.2 Å². The Morgan fingerprint density at radius 3 is 2.61 bits per heavy atom. The molecule has 0 unspecified atom stereocenters. The molecule has 2 aromatic rings. The van der Waals surface area contributed by atoms with Gasteiger partial charge in [0.1, 0.15) is 12.4 Å². The average Bonchev–Trinajstić information content (AvgIpc) is 3.08. The summed E-state index contributed by atoms with van der Waals surface area (Å²) in [6.07, 6.45) is -0.480. The molecule has 0 bridgehead atoms. The minimum absolute atomic E-state index is 0.0116. The van der Waals surface area contributed by atoms with E-state index in [1.807, 2.05) is 30.3 Å². The first kappa shape index (κ1) is 19.2. The number of aromatic amines is 1. The summed E-state index contributed by atoms with van der Waals surface area (Å²) < 4.78 is 6.02. The van der Waals surface area contributed by atoms with Crippen LogP contribution in [-0.4, -0.2) is 53.2 Å². The summed E-state index contributed by atoms with van der Waals surface area (Å²) in [5, 5.41) is 0. The van der Waals surface area contributed by atoms with Gasteiger partial charge in [-0.05, 0) is 5.56 Å². The maximum absolute atomic E-state index is 12.5. The maximum atomic E-state index is 12.5. The van der Waals surface area contributed by atoms with Gasteiger partial charge in [0.15, 0.2) is 5.69 Å². The molecule has 1 aromatic carbocycles. The molecule has 1 aromatic heterocycles. The molecule has 2 amide bonds. The van der Waals surface area contributed by atoms with Gasteiger partial charge in [-0.25, -0.2) is 9.59 Å². The monoisotopic (exact) mass is 387 g/mol. The summed E-state index contributed by atoms with van der Waals surface area (Å²) in [4.78, 5) is 53.2. The molecule has 2 heterocycles. The Morgan fingerprint density at radius 2 is 1.96 bits per heavy atom. The van der Waals surface area contributed by atoms with Crippen LogP contribution in [0.1, 0.15) is 12.0 Å². The van der Waals surface area contributed by atoms with Crippen LogP contribution in [0.3, 0.4) is 0 Å². The Hall–Kier alpha value is -3.56. The second-order valence-corrected chi connectivity index (χ2v) is 6.37. The van der Waals surface area contributed by atoms with Gasteiger partial charge in [-0.3, -0.25) is 19.1 Å². The van der Waals surface area contributed by atoms with E-state index >= 15 is 0 Å². The topological polar surface area (TPSA) is 131 Å². The maximum Gasteiger partial charge on any atom is 0.409 e. The van der Waals surface area contributed by atoms with Crippen LogP contribution in [-0.2, 0) is 16.1 Å². The summed E-state index contributed by atoms with van der Waals surface area (Å²) in [5.74, 6) is -0.518. The highest BCUT2D eigenvalue weighted by atomic mass is 16.6. The van der Waals surface area contributed by atoms with Crippen LogP contribution in [0.5, 0.6) is 0 Å². The van der Waals surface area contributed by atoms with Crippen LogP contribution < -0.4 is 21.9 Å². The number of nitrogen functional groups attached to an aromatic ring is 1. The highest BCUT2D eigenvalue weighted by molar-refractivity contribution is 5.95. The summed E-state index contributed by atoms with van der Waals surface area (Å²) in [5.41, 5.74) is 5.38. The molecule has 0 spiro atoms. The molecule has 10 heteroatoms. The highest BCUT2D eigenvalue weighted by Gasteiger charge is 2.25. The van der Waals surface area contributed by atoms with Crippen molar-refractivity contribution >= 4 is 23.5 Å². The molecule has 10 nitrogen and oxygen atoms in total. The minimum atomic E-state index is -0.747. The van der Waals surface area contributed by atoms with Crippen molar-refractivity contribution in [2.45, 2.75) is 13.0 Å². The number of amides is 2. The number of nitrogens with one attached hydrogen (secondary N) is 1. The molecular formula is C18H21N5O5. The number of aromatic nitrogens is 2. The number of nitrogens with two attached hydrogens (primary N) is 1. The van der Waals surface area contributed by atoms with Crippen molar-refractivity contribution in [1.29, 1.82) is 0 Å². The van der Waals surface area contributed by atoms with E-state index < -0.39 is 23.2 Å². The van der Waals surface area contributed by atoms with E-state index in [-0.39, 0.29) is 31.0 Å². The summed E-state index contributed by atoms with van der Waals surface area (Å²) in [6.45, 7) is 1.03. The summed E-state index contributed by atoms with van der Waals surface area (Å²) in [6, 6.07) is 9.13. The van der Waals surface area contributed by atoms with Crippen LogP contribution >= 0.6 is 0 Å². The van der Waals surface area contributed by atoms with Crippen LogP contribution in [0.15, 0.2) is 39.9 Å². The van der Waals surface area contributed by atoms with Crippen molar-refractivity contribution in [3.8, 4) is 0 Å². The van der Waals surface area contributed by atoms with Crippen molar-refractivity contribution in [1.82, 2.24) is 14.5 Å². The third-order valence-electron chi connectivity index (χ3n) is 4.55. The van der Waals surface area contributed by atoms with Gasteiger partial charge in [0.25, 0.3) is 5.56 Å². The molecular weight excluding hydrogens is 366 g/mol. The molecule has 1 aliphatic heterocycles. The van der Waals surface area contributed by atoms with Gasteiger partial charge in [-0.15, -0.1) is 0 Å². The number of rotatable bonds is 6. The molecule has 28 heavy (non-hydrogen) atoms. The zero-order valence-electron chi connectivity index (χ0n) is 15.4. The van der Waals surface area contributed by atoms with Crippen molar-refractivity contribution in [3.63, 3.8) is 0 Å². The van der Waals surface area contributed by atoms with E-state index in [1.54, 1.807) is 0 Å². The Balaban J connectivity index is 1.83. The average molecular weight is 387 g/mol. The summed E-state index contributed by atoms with van der Waals surface area (Å²) in [7, 11) is 1.41. The molecule has 1 saturated heterocycles. The van der Waals surface area contributed by atoms with Crippen molar-refractivity contribution in [3.05, 3.63) is 56.7 Å². The zero-order valence-corrected chi connectivity index (χ0v) is 15.4. The lowest BCUT2D eigenvalue weighted by Gasteiger charge is -2.21. The normalized spacial score (nSPS) is 13.5. The number of carbonyl (C=O) groups excluding carboxylic acids is 2. The smallest absolute Gasteiger partial charge is 0.409 e.